The average Bonchev–Trinajstić information content (AvgIpc) is 3.02. The molecule has 1 unspecified atom stereocenters. The fourth-order valence-electron chi connectivity index (χ4n) is 4.79. The van der Waals surface area contributed by atoms with Crippen LogP contribution in [0.4, 0.5) is 0 Å². The highest BCUT2D eigenvalue weighted by Crippen LogP contribution is 2.46. The van der Waals surface area contributed by atoms with Crippen LogP contribution in [0.15, 0.2) is 97.1 Å². The first-order valence-electron chi connectivity index (χ1n) is 11.2. The maximum Gasteiger partial charge on any atom is 0.264 e. The van der Waals surface area contributed by atoms with Crippen LogP contribution in [0.5, 0.6) is 5.75 Å². The van der Waals surface area contributed by atoms with Crippen LogP contribution < -0.4 is 4.74 Å². The van der Waals surface area contributed by atoms with Crippen molar-refractivity contribution in [2.24, 2.45) is 0 Å². The molecule has 0 amide bonds. The molecule has 1 heterocycles. The molecule has 2 atom stereocenters. The van der Waals surface area contributed by atoms with E-state index in [2.05, 4.69) is 43.3 Å². The molecule has 0 radical (unpaired) electrons. The first-order valence-corrected chi connectivity index (χ1v) is 11.2. The van der Waals surface area contributed by atoms with Gasteiger partial charge in [0.25, 0.3) is 6.29 Å². The molecule has 1 aliphatic heterocycles. The molecule has 0 saturated carbocycles. The molecule has 33 heavy (non-hydrogen) atoms. The van der Waals surface area contributed by atoms with E-state index in [0.29, 0.717) is 17.9 Å². The zero-order chi connectivity index (χ0) is 22.8. The zero-order valence-electron chi connectivity index (χ0n) is 18.8. The van der Waals surface area contributed by atoms with Gasteiger partial charge in [0.1, 0.15) is 5.75 Å². The number of hydrogen-bond acceptors (Lipinski definition) is 3. The lowest BCUT2D eigenvalue weighted by atomic mass is 9.73. The van der Waals surface area contributed by atoms with Gasteiger partial charge in [0.2, 0.25) is 5.78 Å². The summed E-state index contributed by atoms with van der Waals surface area (Å²) in [6.45, 7) is 4.51. The largest absolute Gasteiger partial charge is 0.457 e. The second-order valence-corrected chi connectivity index (χ2v) is 8.57. The number of ketones is 1. The second kappa shape index (κ2) is 8.68. The maximum absolute atomic E-state index is 13.3. The highest BCUT2D eigenvalue weighted by atomic mass is 16.7. The van der Waals surface area contributed by atoms with E-state index in [-0.39, 0.29) is 5.78 Å². The van der Waals surface area contributed by atoms with Gasteiger partial charge < -0.3 is 9.47 Å². The number of Topliss-reactive ketones (excluding diaryl/α,β-unsaturated/α-hetero) is 1. The van der Waals surface area contributed by atoms with Crippen LogP contribution in [-0.4, -0.2) is 18.7 Å². The summed E-state index contributed by atoms with van der Waals surface area (Å²) in [5, 5.41) is 2.23. The van der Waals surface area contributed by atoms with Crippen LogP contribution in [0.2, 0.25) is 0 Å². The Balaban J connectivity index is 1.71. The number of allylic oxidation sites excluding steroid dienone is 1. The summed E-state index contributed by atoms with van der Waals surface area (Å²) in [5.74, 6) is 0.499. The molecule has 4 aromatic carbocycles. The molecule has 0 fully saturated rings. The van der Waals surface area contributed by atoms with Gasteiger partial charge in [-0.25, -0.2) is 0 Å². The number of rotatable bonds is 4. The van der Waals surface area contributed by atoms with Crippen LogP contribution in [0, 0.1) is 0 Å². The fraction of sp³-hybridized carbons (Fsp3) is 0.167. The van der Waals surface area contributed by atoms with Crippen molar-refractivity contribution >= 4 is 22.6 Å². The summed E-state index contributed by atoms with van der Waals surface area (Å²) >= 11 is 0. The smallest absolute Gasteiger partial charge is 0.264 e. The normalized spacial score (nSPS) is 20.2. The van der Waals surface area contributed by atoms with E-state index in [9.17, 15) is 4.79 Å². The highest BCUT2D eigenvalue weighted by molar-refractivity contribution is 5.99. The van der Waals surface area contributed by atoms with Gasteiger partial charge in [0, 0.05) is 16.5 Å². The molecule has 3 heteroatoms. The van der Waals surface area contributed by atoms with E-state index in [1.807, 2.05) is 61.5 Å². The van der Waals surface area contributed by atoms with Crippen LogP contribution in [0.1, 0.15) is 40.9 Å². The van der Waals surface area contributed by atoms with Gasteiger partial charge in [-0.3, -0.25) is 4.79 Å². The summed E-state index contributed by atoms with van der Waals surface area (Å²) < 4.78 is 12.6. The van der Waals surface area contributed by atoms with E-state index >= 15 is 0 Å². The Morgan fingerprint density at radius 2 is 1.64 bits per heavy atom. The van der Waals surface area contributed by atoms with Crippen molar-refractivity contribution in [3.8, 4) is 5.75 Å². The Kier molecular flexibility index (Phi) is 5.57. The van der Waals surface area contributed by atoms with E-state index in [1.165, 1.54) is 0 Å². The Hall–Kier alpha value is -3.69. The lowest BCUT2D eigenvalue weighted by Crippen LogP contribution is -2.34. The van der Waals surface area contributed by atoms with E-state index in [0.717, 1.165) is 27.5 Å². The molecular weight excluding hydrogens is 408 g/mol. The minimum absolute atomic E-state index is 0.180. The van der Waals surface area contributed by atoms with Gasteiger partial charge >= 0.3 is 0 Å². The van der Waals surface area contributed by atoms with Gasteiger partial charge in [0.05, 0.1) is 6.61 Å². The third-order valence-corrected chi connectivity index (χ3v) is 6.37. The predicted octanol–water partition coefficient (Wildman–Crippen LogP) is 6.80. The highest BCUT2D eigenvalue weighted by Gasteiger charge is 2.41. The average molecular weight is 435 g/mol. The van der Waals surface area contributed by atoms with Crippen LogP contribution >= 0.6 is 0 Å². The van der Waals surface area contributed by atoms with Crippen molar-refractivity contribution in [1.29, 1.82) is 0 Å². The van der Waals surface area contributed by atoms with Gasteiger partial charge in [-0.05, 0) is 41.8 Å². The van der Waals surface area contributed by atoms with Crippen LogP contribution in [-0.2, 0) is 10.2 Å². The molecule has 164 valence electrons. The molecular formula is C30H26O3. The van der Waals surface area contributed by atoms with E-state index in [1.54, 1.807) is 12.1 Å². The third-order valence-electron chi connectivity index (χ3n) is 6.37. The number of ether oxygens (including phenoxy) is 2. The minimum atomic E-state index is -1.01. The molecule has 3 nitrogen and oxygen atoms in total. The molecule has 4 aromatic rings. The number of hydrogen-bond donors (Lipinski definition) is 0. The second-order valence-electron chi connectivity index (χ2n) is 8.57. The van der Waals surface area contributed by atoms with Crippen molar-refractivity contribution < 1.29 is 14.3 Å². The van der Waals surface area contributed by atoms with Crippen molar-refractivity contribution in [3.63, 3.8) is 0 Å². The lowest BCUT2D eigenvalue weighted by molar-refractivity contribution is -0.0571. The van der Waals surface area contributed by atoms with Gasteiger partial charge in [-0.1, -0.05) is 97.1 Å². The summed E-state index contributed by atoms with van der Waals surface area (Å²) in [4.78, 5) is 13.3. The van der Waals surface area contributed by atoms with E-state index < -0.39 is 11.7 Å². The minimum Gasteiger partial charge on any atom is -0.457 e. The quantitative estimate of drug-likeness (QED) is 0.332. The maximum atomic E-state index is 13.3. The van der Waals surface area contributed by atoms with Crippen molar-refractivity contribution in [3.05, 3.63) is 119 Å². The summed E-state index contributed by atoms with van der Waals surface area (Å²) in [5.41, 5.74) is 3.34. The Bertz CT molecular complexity index is 1340. The topological polar surface area (TPSA) is 35.5 Å². The van der Waals surface area contributed by atoms with Gasteiger partial charge in [0.15, 0.2) is 0 Å². The Morgan fingerprint density at radius 1 is 0.909 bits per heavy atom. The van der Waals surface area contributed by atoms with Gasteiger partial charge in [-0.2, -0.15) is 0 Å². The van der Waals surface area contributed by atoms with Crippen molar-refractivity contribution in [2.45, 2.75) is 25.6 Å². The monoisotopic (exact) mass is 434 g/mol. The molecule has 0 spiro atoms. The molecule has 0 saturated heterocycles. The summed E-state index contributed by atoms with van der Waals surface area (Å²) in [7, 11) is 0. The first kappa shape index (κ1) is 21.2. The summed E-state index contributed by atoms with van der Waals surface area (Å²) in [6.07, 6.45) is 3.15. The van der Waals surface area contributed by atoms with Crippen LogP contribution in [0.3, 0.4) is 0 Å². The molecule has 0 N–H and O–H groups in total. The Labute approximate surface area is 194 Å². The number of carbonyl (C=O) groups is 1. The molecule has 0 bridgehead atoms. The van der Waals surface area contributed by atoms with Gasteiger partial charge in [-0.15, -0.1) is 0 Å². The lowest BCUT2D eigenvalue weighted by Gasteiger charge is -2.32. The van der Waals surface area contributed by atoms with Crippen molar-refractivity contribution in [1.82, 2.24) is 0 Å². The number of carbonyl (C=O) groups excluding carboxylic acids is 1. The first-order chi connectivity index (χ1) is 16.1. The van der Waals surface area contributed by atoms with E-state index in [4.69, 9.17) is 9.47 Å². The summed E-state index contributed by atoms with van der Waals surface area (Å²) in [6, 6.07) is 29.8. The SMILES string of the molecule is CC=Cc1ccccc1[C@@]1(C)COC(C(=O)c2ccccc2)Oc2ccc3ccccc3c21. The molecule has 5 rings (SSSR count). The number of fused-ring (bicyclic) bond motifs is 3. The standard InChI is InChI=1S/C30H26O3/c1-3-11-22-13-8-10-17-25(22)30(2)20-32-29(28(31)23-14-5-4-6-15-23)33-26-19-18-21-12-7-9-16-24(21)27(26)30/h3-19,29H,20H2,1-2H3/t29?,30-/m1/s1. The zero-order valence-corrected chi connectivity index (χ0v) is 18.8. The molecule has 0 aliphatic carbocycles. The fourth-order valence-corrected chi connectivity index (χ4v) is 4.79. The molecule has 1 aliphatic rings. The van der Waals surface area contributed by atoms with Crippen LogP contribution in [0.25, 0.3) is 16.8 Å². The number of benzene rings is 4. The Morgan fingerprint density at radius 3 is 2.45 bits per heavy atom. The molecule has 0 aromatic heterocycles. The third kappa shape index (κ3) is 3.75. The predicted molar refractivity (Wildman–Crippen MR) is 133 cm³/mol. The van der Waals surface area contributed by atoms with Crippen molar-refractivity contribution in [2.75, 3.05) is 6.61 Å².